The van der Waals surface area contributed by atoms with E-state index in [1.165, 1.54) is 6.20 Å². The highest BCUT2D eigenvalue weighted by Crippen LogP contribution is 2.25. The van der Waals surface area contributed by atoms with Gasteiger partial charge in [0.2, 0.25) is 0 Å². The van der Waals surface area contributed by atoms with Crippen molar-refractivity contribution in [3.63, 3.8) is 0 Å². The number of ether oxygens (including phenoxy) is 1. The lowest BCUT2D eigenvalue weighted by atomic mass is 10.1. The number of carbonyl (C=O) groups is 2. The van der Waals surface area contributed by atoms with Crippen LogP contribution >= 0.6 is 0 Å². The first-order chi connectivity index (χ1) is 5.77. The molecule has 1 aliphatic rings. The third-order valence-electron chi connectivity index (χ3n) is 1.77. The molecule has 5 heteroatoms. The fourth-order valence-electron chi connectivity index (χ4n) is 1.17. The molecule has 1 aromatic rings. The largest absolute Gasteiger partial charge is 0.393 e. The van der Waals surface area contributed by atoms with Gasteiger partial charge in [0, 0.05) is 6.20 Å². The summed E-state index contributed by atoms with van der Waals surface area (Å²) < 4.78 is 4.37. The van der Waals surface area contributed by atoms with Gasteiger partial charge < -0.3 is 4.74 Å². The van der Waals surface area contributed by atoms with Gasteiger partial charge >= 0.3 is 11.9 Å². The Labute approximate surface area is 67.7 Å². The maximum absolute atomic E-state index is 11.0. The maximum Gasteiger partial charge on any atom is 0.323 e. The highest BCUT2D eigenvalue weighted by Gasteiger charge is 2.35. The SMILES string of the molecule is O=C1CC(c2ccn[nH]2)C(=O)O1. The van der Waals surface area contributed by atoms with Crippen LogP contribution in [0.15, 0.2) is 12.3 Å². The molecule has 1 fully saturated rings. The molecule has 1 N–H and O–H groups in total. The molecule has 12 heavy (non-hydrogen) atoms. The van der Waals surface area contributed by atoms with Crippen molar-refractivity contribution in [3.05, 3.63) is 18.0 Å². The molecule has 1 aliphatic heterocycles. The number of hydrogen-bond acceptors (Lipinski definition) is 4. The predicted molar refractivity (Wildman–Crippen MR) is 37.0 cm³/mol. The minimum atomic E-state index is -0.496. The molecular weight excluding hydrogens is 160 g/mol. The summed E-state index contributed by atoms with van der Waals surface area (Å²) in [7, 11) is 0. The third kappa shape index (κ3) is 0.990. The van der Waals surface area contributed by atoms with Gasteiger partial charge in [-0.2, -0.15) is 5.10 Å². The first-order valence-corrected chi connectivity index (χ1v) is 3.51. The summed E-state index contributed by atoms with van der Waals surface area (Å²) in [4.78, 5) is 21.7. The van der Waals surface area contributed by atoms with Crippen LogP contribution in [0.3, 0.4) is 0 Å². The van der Waals surface area contributed by atoms with E-state index in [0.717, 1.165) is 0 Å². The Balaban J connectivity index is 2.26. The second kappa shape index (κ2) is 2.44. The van der Waals surface area contributed by atoms with Gasteiger partial charge in [-0.15, -0.1) is 0 Å². The molecule has 62 valence electrons. The Morgan fingerprint density at radius 3 is 2.92 bits per heavy atom. The second-order valence-electron chi connectivity index (χ2n) is 2.56. The fourth-order valence-corrected chi connectivity index (χ4v) is 1.17. The number of cyclic esters (lactones) is 2. The summed E-state index contributed by atoms with van der Waals surface area (Å²) in [6.07, 6.45) is 1.65. The molecule has 0 aliphatic carbocycles. The number of rotatable bonds is 1. The standard InChI is InChI=1S/C7H6N2O3/c10-6-3-4(7(11)12-6)5-1-2-8-9-5/h1-2,4H,3H2,(H,8,9). The summed E-state index contributed by atoms with van der Waals surface area (Å²) in [5.41, 5.74) is 0.630. The van der Waals surface area contributed by atoms with E-state index in [9.17, 15) is 9.59 Å². The summed E-state index contributed by atoms with van der Waals surface area (Å²) >= 11 is 0. The molecule has 1 saturated heterocycles. The van der Waals surface area contributed by atoms with Crippen LogP contribution in [-0.4, -0.2) is 22.1 Å². The van der Waals surface area contributed by atoms with E-state index >= 15 is 0 Å². The normalized spacial score (nSPS) is 22.8. The predicted octanol–water partition coefficient (Wildman–Crippen LogP) is -0.0332. The zero-order valence-corrected chi connectivity index (χ0v) is 6.11. The molecule has 5 nitrogen and oxygen atoms in total. The van der Waals surface area contributed by atoms with E-state index in [2.05, 4.69) is 14.9 Å². The quantitative estimate of drug-likeness (QED) is 0.469. The van der Waals surface area contributed by atoms with Crippen LogP contribution < -0.4 is 0 Å². The number of carbonyl (C=O) groups excluding carboxylic acids is 2. The van der Waals surface area contributed by atoms with Gasteiger partial charge in [0.15, 0.2) is 0 Å². The van der Waals surface area contributed by atoms with E-state index in [0.29, 0.717) is 5.69 Å². The van der Waals surface area contributed by atoms with Crippen LogP contribution in [-0.2, 0) is 14.3 Å². The Morgan fingerprint density at radius 2 is 2.42 bits per heavy atom. The number of H-pyrrole nitrogens is 1. The molecule has 1 atom stereocenters. The Bertz CT molecular complexity index is 317. The van der Waals surface area contributed by atoms with Crippen LogP contribution in [0.2, 0.25) is 0 Å². The Hall–Kier alpha value is -1.65. The summed E-state index contributed by atoms with van der Waals surface area (Å²) in [5.74, 6) is -1.45. The van der Waals surface area contributed by atoms with Gasteiger partial charge in [-0.1, -0.05) is 0 Å². The van der Waals surface area contributed by atoms with Gasteiger partial charge in [-0.05, 0) is 6.07 Å². The number of nitrogens with zero attached hydrogens (tertiary/aromatic N) is 1. The average molecular weight is 166 g/mol. The summed E-state index contributed by atoms with van der Waals surface area (Å²) in [5, 5.41) is 6.31. The van der Waals surface area contributed by atoms with Crippen molar-refractivity contribution in [3.8, 4) is 0 Å². The minimum absolute atomic E-state index is 0.112. The lowest BCUT2D eigenvalue weighted by Crippen LogP contribution is -2.05. The van der Waals surface area contributed by atoms with Crippen LogP contribution in [0.1, 0.15) is 18.0 Å². The van der Waals surface area contributed by atoms with Crippen molar-refractivity contribution in [2.75, 3.05) is 0 Å². The van der Waals surface area contributed by atoms with E-state index in [-0.39, 0.29) is 6.42 Å². The number of esters is 2. The van der Waals surface area contributed by atoms with E-state index < -0.39 is 17.9 Å². The van der Waals surface area contributed by atoms with Gasteiger partial charge in [0.1, 0.15) is 5.92 Å². The van der Waals surface area contributed by atoms with E-state index in [1.54, 1.807) is 6.07 Å². The van der Waals surface area contributed by atoms with Crippen molar-refractivity contribution < 1.29 is 14.3 Å². The van der Waals surface area contributed by atoms with Crippen molar-refractivity contribution >= 4 is 11.9 Å². The highest BCUT2D eigenvalue weighted by atomic mass is 16.6. The molecular formula is C7H6N2O3. The third-order valence-corrected chi connectivity index (χ3v) is 1.77. The van der Waals surface area contributed by atoms with Crippen molar-refractivity contribution in [1.29, 1.82) is 0 Å². The Kier molecular flexibility index (Phi) is 1.43. The summed E-state index contributed by atoms with van der Waals surface area (Å²) in [6, 6.07) is 1.66. The van der Waals surface area contributed by atoms with Crippen molar-refractivity contribution in [2.45, 2.75) is 12.3 Å². The molecule has 0 radical (unpaired) electrons. The Morgan fingerprint density at radius 1 is 1.58 bits per heavy atom. The lowest BCUT2D eigenvalue weighted by molar-refractivity contribution is -0.152. The smallest absolute Gasteiger partial charge is 0.323 e. The molecule has 0 saturated carbocycles. The molecule has 2 rings (SSSR count). The molecule has 2 heterocycles. The van der Waals surface area contributed by atoms with Crippen LogP contribution in [0.4, 0.5) is 0 Å². The van der Waals surface area contributed by atoms with Gasteiger partial charge in [-0.3, -0.25) is 14.7 Å². The van der Waals surface area contributed by atoms with Crippen molar-refractivity contribution in [2.24, 2.45) is 0 Å². The van der Waals surface area contributed by atoms with Crippen LogP contribution in [0.25, 0.3) is 0 Å². The number of aromatic nitrogens is 2. The first-order valence-electron chi connectivity index (χ1n) is 3.51. The van der Waals surface area contributed by atoms with Crippen LogP contribution in [0.5, 0.6) is 0 Å². The van der Waals surface area contributed by atoms with Gasteiger partial charge in [0.05, 0.1) is 12.1 Å². The van der Waals surface area contributed by atoms with E-state index in [4.69, 9.17) is 0 Å². The lowest BCUT2D eigenvalue weighted by Gasteiger charge is -1.97. The molecule has 0 aromatic carbocycles. The zero-order chi connectivity index (χ0) is 8.55. The van der Waals surface area contributed by atoms with Gasteiger partial charge in [-0.25, -0.2) is 0 Å². The molecule has 1 unspecified atom stereocenters. The van der Waals surface area contributed by atoms with Crippen LogP contribution in [0, 0.1) is 0 Å². The molecule has 0 bridgehead atoms. The van der Waals surface area contributed by atoms with E-state index in [1.807, 2.05) is 0 Å². The zero-order valence-electron chi connectivity index (χ0n) is 6.11. The minimum Gasteiger partial charge on any atom is -0.393 e. The molecule has 1 aromatic heterocycles. The summed E-state index contributed by atoms with van der Waals surface area (Å²) in [6.45, 7) is 0. The topological polar surface area (TPSA) is 72.0 Å². The first kappa shape index (κ1) is 7.02. The van der Waals surface area contributed by atoms with Gasteiger partial charge in [0.25, 0.3) is 0 Å². The monoisotopic (exact) mass is 166 g/mol. The number of hydrogen-bond donors (Lipinski definition) is 1. The maximum atomic E-state index is 11.0. The molecule has 0 amide bonds. The van der Waals surface area contributed by atoms with Crippen molar-refractivity contribution in [1.82, 2.24) is 10.2 Å². The second-order valence-corrected chi connectivity index (χ2v) is 2.56. The highest BCUT2D eigenvalue weighted by molar-refractivity contribution is 5.97. The average Bonchev–Trinajstić information content (AvgIpc) is 2.58. The number of nitrogens with one attached hydrogen (secondary N) is 1. The fraction of sp³-hybridized carbons (Fsp3) is 0.286. The number of aromatic amines is 1. The molecule has 0 spiro atoms.